The average Bonchev–Trinajstić information content (AvgIpc) is 3.27. The molecule has 0 saturated carbocycles. The van der Waals surface area contributed by atoms with Gasteiger partial charge in [0.2, 0.25) is 17.6 Å². The number of nitrogens with zero attached hydrogens (tertiary/aromatic N) is 4. The molecule has 1 saturated heterocycles. The first kappa shape index (κ1) is 20.2. The summed E-state index contributed by atoms with van der Waals surface area (Å²) in [4.78, 5) is 21.9. The molecule has 7 heteroatoms. The van der Waals surface area contributed by atoms with Crippen molar-refractivity contribution in [1.82, 2.24) is 19.9 Å². The van der Waals surface area contributed by atoms with Crippen molar-refractivity contribution in [3.05, 3.63) is 70.6 Å². The molecule has 31 heavy (non-hydrogen) atoms. The Kier molecular flexibility index (Phi) is 5.74. The standard InChI is InChI=1S/C24H25ClN4O2/c25-21-7-5-18(6-8-21)23-26-22(31-27-23)16-28-12-9-19(10-13-28)24(30)29-14-11-17-3-1-2-4-20(17)15-29/h1-8,19H,9-16H2. The summed E-state index contributed by atoms with van der Waals surface area (Å²) in [5.74, 6) is 1.58. The summed E-state index contributed by atoms with van der Waals surface area (Å²) in [6.07, 6.45) is 2.69. The molecule has 3 aromatic rings. The fourth-order valence-corrected chi connectivity index (χ4v) is 4.63. The first-order valence-corrected chi connectivity index (χ1v) is 11.2. The van der Waals surface area contributed by atoms with Crippen LogP contribution in [0.2, 0.25) is 5.02 Å². The van der Waals surface area contributed by atoms with Gasteiger partial charge < -0.3 is 9.42 Å². The molecule has 6 nitrogen and oxygen atoms in total. The van der Waals surface area contributed by atoms with Gasteiger partial charge in [-0.15, -0.1) is 0 Å². The van der Waals surface area contributed by atoms with Crippen LogP contribution in [0, 0.1) is 5.92 Å². The number of carbonyl (C=O) groups is 1. The summed E-state index contributed by atoms with van der Waals surface area (Å²) in [5.41, 5.74) is 3.54. The number of piperidine rings is 1. The zero-order valence-corrected chi connectivity index (χ0v) is 18.1. The summed E-state index contributed by atoms with van der Waals surface area (Å²) < 4.78 is 5.44. The van der Waals surface area contributed by atoms with E-state index in [4.69, 9.17) is 16.1 Å². The monoisotopic (exact) mass is 436 g/mol. The first-order chi connectivity index (χ1) is 15.2. The number of aromatic nitrogens is 2. The number of benzene rings is 2. The molecule has 0 atom stereocenters. The first-order valence-electron chi connectivity index (χ1n) is 10.8. The molecule has 0 aliphatic carbocycles. The van der Waals surface area contributed by atoms with Crippen LogP contribution < -0.4 is 0 Å². The van der Waals surface area contributed by atoms with Crippen LogP contribution in [0.4, 0.5) is 0 Å². The lowest BCUT2D eigenvalue weighted by Gasteiger charge is -2.35. The molecule has 2 aliphatic heterocycles. The number of carbonyl (C=O) groups excluding carboxylic acids is 1. The van der Waals surface area contributed by atoms with E-state index in [1.165, 1.54) is 11.1 Å². The second-order valence-corrected chi connectivity index (χ2v) is 8.78. The predicted octanol–water partition coefficient (Wildman–Crippen LogP) is 4.19. The minimum absolute atomic E-state index is 0.105. The molecule has 2 aliphatic rings. The van der Waals surface area contributed by atoms with Crippen molar-refractivity contribution in [2.75, 3.05) is 19.6 Å². The smallest absolute Gasteiger partial charge is 0.241 e. The number of halogens is 1. The number of fused-ring (bicyclic) bond motifs is 1. The molecule has 1 amide bonds. The van der Waals surface area contributed by atoms with Crippen molar-refractivity contribution in [3.63, 3.8) is 0 Å². The van der Waals surface area contributed by atoms with Gasteiger partial charge in [0, 0.05) is 29.6 Å². The van der Waals surface area contributed by atoms with Gasteiger partial charge in [0.05, 0.1) is 6.54 Å². The van der Waals surface area contributed by atoms with Gasteiger partial charge in [-0.1, -0.05) is 41.0 Å². The Morgan fingerprint density at radius 1 is 1.03 bits per heavy atom. The minimum atomic E-state index is 0.105. The van der Waals surface area contributed by atoms with Gasteiger partial charge in [0.15, 0.2) is 0 Å². The molecule has 0 unspecified atom stereocenters. The van der Waals surface area contributed by atoms with E-state index in [0.717, 1.165) is 51.0 Å². The van der Waals surface area contributed by atoms with E-state index < -0.39 is 0 Å². The highest BCUT2D eigenvalue weighted by molar-refractivity contribution is 6.30. The number of amides is 1. The molecule has 0 radical (unpaired) electrons. The highest BCUT2D eigenvalue weighted by Crippen LogP contribution is 2.26. The third-order valence-corrected chi connectivity index (χ3v) is 6.56. The number of hydrogen-bond donors (Lipinski definition) is 0. The maximum absolute atomic E-state index is 13.1. The quantitative estimate of drug-likeness (QED) is 0.613. The summed E-state index contributed by atoms with van der Waals surface area (Å²) in [6.45, 7) is 3.90. The number of likely N-dealkylation sites (tertiary alicyclic amines) is 1. The van der Waals surface area contributed by atoms with Crippen molar-refractivity contribution in [2.45, 2.75) is 32.4 Å². The molecular weight excluding hydrogens is 412 g/mol. The highest BCUT2D eigenvalue weighted by Gasteiger charge is 2.30. The van der Waals surface area contributed by atoms with Gasteiger partial charge in [-0.05, 0) is 67.7 Å². The molecule has 2 aromatic carbocycles. The number of rotatable bonds is 4. The Morgan fingerprint density at radius 2 is 1.77 bits per heavy atom. The molecule has 0 N–H and O–H groups in total. The van der Waals surface area contributed by atoms with Gasteiger partial charge in [-0.2, -0.15) is 4.98 Å². The second-order valence-electron chi connectivity index (χ2n) is 8.35. The third kappa shape index (κ3) is 4.50. The largest absolute Gasteiger partial charge is 0.338 e. The fraction of sp³-hybridized carbons (Fsp3) is 0.375. The summed E-state index contributed by atoms with van der Waals surface area (Å²) >= 11 is 5.94. The highest BCUT2D eigenvalue weighted by atomic mass is 35.5. The minimum Gasteiger partial charge on any atom is -0.338 e. The van der Waals surface area contributed by atoms with Crippen molar-refractivity contribution in [3.8, 4) is 11.4 Å². The van der Waals surface area contributed by atoms with Gasteiger partial charge in [-0.3, -0.25) is 9.69 Å². The Labute approximate surface area is 186 Å². The van der Waals surface area contributed by atoms with Gasteiger partial charge in [-0.25, -0.2) is 0 Å². The zero-order chi connectivity index (χ0) is 21.2. The van der Waals surface area contributed by atoms with Crippen molar-refractivity contribution in [2.24, 2.45) is 5.92 Å². The van der Waals surface area contributed by atoms with Crippen molar-refractivity contribution in [1.29, 1.82) is 0 Å². The van der Waals surface area contributed by atoms with Crippen LogP contribution in [-0.2, 0) is 24.3 Å². The summed E-state index contributed by atoms with van der Waals surface area (Å²) in [7, 11) is 0. The topological polar surface area (TPSA) is 62.5 Å². The van der Waals surface area contributed by atoms with Gasteiger partial charge in [0.1, 0.15) is 0 Å². The Balaban J connectivity index is 1.14. The predicted molar refractivity (Wildman–Crippen MR) is 118 cm³/mol. The molecule has 1 fully saturated rings. The van der Waals surface area contributed by atoms with E-state index in [1.807, 2.05) is 29.2 Å². The summed E-state index contributed by atoms with van der Waals surface area (Å²) in [6, 6.07) is 15.8. The van der Waals surface area contributed by atoms with Crippen LogP contribution in [0.1, 0.15) is 29.9 Å². The van der Waals surface area contributed by atoms with Crippen LogP contribution in [0.25, 0.3) is 11.4 Å². The van der Waals surface area contributed by atoms with Crippen LogP contribution in [0.5, 0.6) is 0 Å². The molecule has 0 spiro atoms. The molecule has 1 aromatic heterocycles. The van der Waals surface area contributed by atoms with Crippen LogP contribution in [0.3, 0.4) is 0 Å². The van der Waals surface area contributed by atoms with E-state index in [2.05, 4.69) is 39.3 Å². The normalized spacial score (nSPS) is 17.5. The lowest BCUT2D eigenvalue weighted by molar-refractivity contribution is -0.138. The lowest BCUT2D eigenvalue weighted by atomic mass is 9.93. The SMILES string of the molecule is O=C(C1CCN(Cc2nc(-c3ccc(Cl)cc3)no2)CC1)N1CCc2ccccc2C1. The van der Waals surface area contributed by atoms with Crippen molar-refractivity contribution >= 4 is 17.5 Å². The molecule has 160 valence electrons. The van der Waals surface area contributed by atoms with Crippen molar-refractivity contribution < 1.29 is 9.32 Å². The second kappa shape index (κ2) is 8.81. The van der Waals surface area contributed by atoms with E-state index in [-0.39, 0.29) is 5.92 Å². The van der Waals surface area contributed by atoms with Gasteiger partial charge in [0.25, 0.3) is 0 Å². The Morgan fingerprint density at radius 3 is 2.55 bits per heavy atom. The maximum Gasteiger partial charge on any atom is 0.241 e. The molecular formula is C24H25ClN4O2. The average molecular weight is 437 g/mol. The summed E-state index contributed by atoms with van der Waals surface area (Å²) in [5, 5.41) is 4.77. The maximum atomic E-state index is 13.1. The number of hydrogen-bond acceptors (Lipinski definition) is 5. The van der Waals surface area contributed by atoms with E-state index in [0.29, 0.717) is 29.2 Å². The third-order valence-electron chi connectivity index (χ3n) is 6.31. The van der Waals surface area contributed by atoms with Crippen LogP contribution in [-0.4, -0.2) is 45.5 Å². The molecule has 5 rings (SSSR count). The Bertz CT molecular complexity index is 1060. The lowest BCUT2D eigenvalue weighted by Crippen LogP contribution is -2.44. The van der Waals surface area contributed by atoms with Gasteiger partial charge >= 0.3 is 0 Å². The van der Waals surface area contributed by atoms with E-state index in [1.54, 1.807) is 0 Å². The zero-order valence-electron chi connectivity index (χ0n) is 17.3. The van der Waals surface area contributed by atoms with E-state index >= 15 is 0 Å². The van der Waals surface area contributed by atoms with Crippen LogP contribution in [0.15, 0.2) is 53.1 Å². The molecule has 0 bridgehead atoms. The molecule has 3 heterocycles. The fourth-order valence-electron chi connectivity index (χ4n) is 4.51. The Hall–Kier alpha value is -2.70. The van der Waals surface area contributed by atoms with E-state index in [9.17, 15) is 4.79 Å². The van der Waals surface area contributed by atoms with Crippen LogP contribution >= 0.6 is 11.6 Å².